The largest absolute Gasteiger partial charge is 0.504 e. The molecule has 0 aliphatic heterocycles. The first-order valence-corrected chi connectivity index (χ1v) is 5.99. The van der Waals surface area contributed by atoms with E-state index in [0.717, 1.165) is 0 Å². The van der Waals surface area contributed by atoms with E-state index in [1.165, 1.54) is 12.3 Å². The van der Waals surface area contributed by atoms with Crippen LogP contribution in [0.4, 0.5) is 0 Å². The average Bonchev–Trinajstić information content (AvgIpc) is 2.49. The van der Waals surface area contributed by atoms with Gasteiger partial charge in [-0.15, -0.1) is 0 Å². The summed E-state index contributed by atoms with van der Waals surface area (Å²) in [7, 11) is 0. The molecule has 0 fully saturated rings. The highest BCUT2D eigenvalue weighted by Crippen LogP contribution is 2.38. The molecular weight excluding hydrogens is 278 g/mol. The minimum Gasteiger partial charge on any atom is -0.504 e. The maximum Gasteiger partial charge on any atom is 0.268 e. The van der Waals surface area contributed by atoms with E-state index < -0.39 is 34.3 Å². The summed E-state index contributed by atoms with van der Waals surface area (Å²) in [6.07, 6.45) is -0.246. The first-order chi connectivity index (χ1) is 9.84. The van der Waals surface area contributed by atoms with Crippen molar-refractivity contribution < 1.29 is 20.1 Å². The Morgan fingerprint density at radius 1 is 1.10 bits per heavy atom. The fourth-order valence-electron chi connectivity index (χ4n) is 2.33. The molecule has 21 heavy (non-hydrogen) atoms. The number of aromatic nitrogens is 1. The minimum atomic E-state index is -1.51. The molecule has 1 atom stereocenters. The lowest BCUT2D eigenvalue weighted by atomic mass is 9.82. The van der Waals surface area contributed by atoms with Gasteiger partial charge in [-0.3, -0.25) is 19.4 Å². The van der Waals surface area contributed by atoms with Gasteiger partial charge in [-0.2, -0.15) is 0 Å². The van der Waals surface area contributed by atoms with E-state index in [0.29, 0.717) is 5.69 Å². The Bertz CT molecular complexity index is 901. The van der Waals surface area contributed by atoms with Crippen molar-refractivity contribution in [1.82, 2.24) is 4.98 Å². The summed E-state index contributed by atoms with van der Waals surface area (Å²) < 4.78 is 0. The lowest BCUT2D eigenvalue weighted by Gasteiger charge is -2.26. The zero-order valence-electron chi connectivity index (χ0n) is 10.7. The van der Waals surface area contributed by atoms with Gasteiger partial charge in [0.05, 0.1) is 5.56 Å². The van der Waals surface area contributed by atoms with E-state index in [4.69, 9.17) is 0 Å². The second-order valence-electron chi connectivity index (χ2n) is 4.78. The highest BCUT2D eigenvalue weighted by atomic mass is 16.3. The molecule has 0 bridgehead atoms. The van der Waals surface area contributed by atoms with Crippen LogP contribution in [0.3, 0.4) is 0 Å². The number of aromatic hydroxyl groups is 1. The van der Waals surface area contributed by atoms with E-state index in [2.05, 4.69) is 4.98 Å². The SMILES string of the molecule is Cc1cc(-c2c(O)c(=O)c2=O)c(C2=C(O)C(=O)C2O)cn1. The molecule has 1 aromatic carbocycles. The van der Waals surface area contributed by atoms with E-state index >= 15 is 0 Å². The molecule has 3 N–H and O–H groups in total. The number of aliphatic hydroxyl groups is 2. The van der Waals surface area contributed by atoms with Gasteiger partial charge in [-0.05, 0) is 13.0 Å². The van der Waals surface area contributed by atoms with E-state index in [-0.39, 0.29) is 22.3 Å². The van der Waals surface area contributed by atoms with Crippen molar-refractivity contribution in [3.05, 3.63) is 49.7 Å². The molecule has 1 heterocycles. The fourth-order valence-corrected chi connectivity index (χ4v) is 2.33. The summed E-state index contributed by atoms with van der Waals surface area (Å²) in [4.78, 5) is 37.9. The predicted molar refractivity (Wildman–Crippen MR) is 71.5 cm³/mol. The van der Waals surface area contributed by atoms with Crippen LogP contribution in [0.5, 0.6) is 5.75 Å². The minimum absolute atomic E-state index is 0.0741. The number of hydrogen-bond donors (Lipinski definition) is 3. The fraction of sp³-hybridized carbons (Fsp3) is 0.143. The van der Waals surface area contributed by atoms with Crippen molar-refractivity contribution in [2.75, 3.05) is 0 Å². The van der Waals surface area contributed by atoms with Gasteiger partial charge in [-0.1, -0.05) is 0 Å². The number of aliphatic hydroxyl groups excluding tert-OH is 2. The molecule has 0 amide bonds. The summed E-state index contributed by atoms with van der Waals surface area (Å²) in [5.41, 5.74) is -1.34. The van der Waals surface area contributed by atoms with E-state index in [9.17, 15) is 29.7 Å². The Morgan fingerprint density at radius 3 is 2.33 bits per heavy atom. The quantitative estimate of drug-likeness (QED) is 0.640. The van der Waals surface area contributed by atoms with Gasteiger partial charge in [0.25, 0.3) is 5.43 Å². The average molecular weight is 287 g/mol. The number of hydrogen-bond acceptors (Lipinski definition) is 7. The van der Waals surface area contributed by atoms with Crippen LogP contribution in [-0.4, -0.2) is 32.2 Å². The molecule has 3 rings (SSSR count). The number of nitrogens with zero attached hydrogens (tertiary/aromatic N) is 1. The molecule has 0 saturated carbocycles. The van der Waals surface area contributed by atoms with Crippen molar-refractivity contribution in [2.45, 2.75) is 13.0 Å². The van der Waals surface area contributed by atoms with E-state index in [1.54, 1.807) is 6.92 Å². The van der Waals surface area contributed by atoms with Crippen molar-refractivity contribution in [3.8, 4) is 16.9 Å². The highest BCUT2D eigenvalue weighted by Gasteiger charge is 2.40. The number of Topliss-reactive ketones (excluding diaryl/α,β-unsaturated/α-hetero) is 1. The smallest absolute Gasteiger partial charge is 0.268 e. The van der Waals surface area contributed by atoms with Gasteiger partial charge in [0.2, 0.25) is 11.2 Å². The predicted octanol–water partition coefficient (Wildman–Crippen LogP) is -0.429. The van der Waals surface area contributed by atoms with Gasteiger partial charge >= 0.3 is 0 Å². The normalized spacial score (nSPS) is 18.2. The van der Waals surface area contributed by atoms with Crippen molar-refractivity contribution in [2.24, 2.45) is 0 Å². The van der Waals surface area contributed by atoms with Crippen molar-refractivity contribution >= 4 is 11.4 Å². The Morgan fingerprint density at radius 2 is 1.76 bits per heavy atom. The van der Waals surface area contributed by atoms with Crippen LogP contribution >= 0.6 is 0 Å². The number of ketones is 1. The maximum atomic E-state index is 11.6. The van der Waals surface area contributed by atoms with Gasteiger partial charge in [0.15, 0.2) is 11.5 Å². The van der Waals surface area contributed by atoms with Gasteiger partial charge in [0, 0.05) is 28.6 Å². The highest BCUT2D eigenvalue weighted by molar-refractivity contribution is 6.20. The number of rotatable bonds is 2. The van der Waals surface area contributed by atoms with E-state index in [1.807, 2.05) is 0 Å². The van der Waals surface area contributed by atoms with Gasteiger partial charge in [-0.25, -0.2) is 0 Å². The molecule has 1 unspecified atom stereocenters. The standard InChI is InChI=1S/C14H9NO6/c1-4-2-5(7-9(16)13(20)10(7)17)6(3-15-4)8-11(18)14(21)12(8)19/h2-3,11,16,18-19H,1H3. The number of carbonyl (C=O) groups excluding carboxylic acids is 1. The van der Waals surface area contributed by atoms with Crippen LogP contribution in [-0.2, 0) is 4.79 Å². The first kappa shape index (κ1) is 13.2. The summed E-state index contributed by atoms with van der Waals surface area (Å²) in [6, 6.07) is 1.43. The molecule has 1 aliphatic carbocycles. The molecule has 7 heteroatoms. The topological polar surface area (TPSA) is 125 Å². The Labute approximate surface area is 117 Å². The molecule has 2 aromatic rings. The van der Waals surface area contributed by atoms with Crippen molar-refractivity contribution in [3.63, 3.8) is 0 Å². The monoisotopic (exact) mass is 287 g/mol. The molecule has 0 radical (unpaired) electrons. The van der Waals surface area contributed by atoms with Crippen LogP contribution in [0, 0.1) is 6.92 Å². The third-order valence-corrected chi connectivity index (χ3v) is 3.50. The maximum absolute atomic E-state index is 11.6. The molecular formula is C14H9NO6. The molecule has 0 saturated heterocycles. The molecule has 7 nitrogen and oxygen atoms in total. The lowest BCUT2D eigenvalue weighted by Crippen LogP contribution is -2.36. The molecule has 0 spiro atoms. The molecule has 106 valence electrons. The third kappa shape index (κ3) is 1.58. The summed E-state index contributed by atoms with van der Waals surface area (Å²) in [5, 5.41) is 28.7. The molecule has 1 aliphatic rings. The number of aryl methyl sites for hydroxylation is 1. The van der Waals surface area contributed by atoms with Gasteiger partial charge in [0.1, 0.15) is 6.10 Å². The summed E-state index contributed by atoms with van der Waals surface area (Å²) in [5.74, 6) is -2.12. The number of carbonyl (C=O) groups is 1. The van der Waals surface area contributed by atoms with Crippen molar-refractivity contribution in [1.29, 1.82) is 0 Å². The second-order valence-corrected chi connectivity index (χ2v) is 4.78. The number of pyridine rings is 1. The second kappa shape index (κ2) is 4.10. The Hall–Kier alpha value is -2.80. The Kier molecular flexibility index (Phi) is 2.57. The van der Waals surface area contributed by atoms with Crippen LogP contribution in [0.15, 0.2) is 27.6 Å². The zero-order valence-corrected chi connectivity index (χ0v) is 10.7. The molecule has 1 aromatic heterocycles. The van der Waals surface area contributed by atoms with Gasteiger partial charge < -0.3 is 15.3 Å². The summed E-state index contributed by atoms with van der Waals surface area (Å²) >= 11 is 0. The van der Waals surface area contributed by atoms with Crippen LogP contribution in [0.2, 0.25) is 0 Å². The van der Waals surface area contributed by atoms with Crippen LogP contribution in [0.1, 0.15) is 11.3 Å². The summed E-state index contributed by atoms with van der Waals surface area (Å²) in [6.45, 7) is 1.63. The van der Waals surface area contributed by atoms with Crippen LogP contribution in [0.25, 0.3) is 16.7 Å². The Balaban J connectivity index is 2.29. The van der Waals surface area contributed by atoms with Crippen LogP contribution < -0.4 is 10.9 Å². The first-order valence-electron chi connectivity index (χ1n) is 5.99. The third-order valence-electron chi connectivity index (χ3n) is 3.50. The zero-order chi connectivity index (χ0) is 15.5. The lowest BCUT2D eigenvalue weighted by molar-refractivity contribution is -0.125.